The molecule has 3 aromatic rings. The first-order valence-corrected chi connectivity index (χ1v) is 8.06. The number of furan rings is 1. The van der Waals surface area contributed by atoms with Crippen LogP contribution in [0, 0.1) is 6.92 Å². The lowest BCUT2D eigenvalue weighted by atomic mass is 10.2. The van der Waals surface area contributed by atoms with Crippen LogP contribution < -0.4 is 0 Å². The van der Waals surface area contributed by atoms with E-state index in [0.29, 0.717) is 25.4 Å². The monoisotopic (exact) mass is 325 g/mol. The van der Waals surface area contributed by atoms with Crippen molar-refractivity contribution in [3.63, 3.8) is 0 Å². The molecule has 1 aliphatic heterocycles. The topological polar surface area (TPSA) is 69.1 Å². The predicted octanol–water partition coefficient (Wildman–Crippen LogP) is 1.73. The van der Waals surface area contributed by atoms with Crippen molar-refractivity contribution in [2.24, 2.45) is 0 Å². The zero-order chi connectivity index (χ0) is 16.5. The van der Waals surface area contributed by atoms with Crippen LogP contribution in [-0.4, -0.2) is 43.2 Å². The van der Waals surface area contributed by atoms with Crippen molar-refractivity contribution in [1.29, 1.82) is 0 Å². The highest BCUT2D eigenvalue weighted by Gasteiger charge is 2.24. The lowest BCUT2D eigenvalue weighted by Crippen LogP contribution is -2.33. The van der Waals surface area contributed by atoms with Crippen molar-refractivity contribution in [3.05, 3.63) is 59.8 Å². The summed E-state index contributed by atoms with van der Waals surface area (Å²) >= 11 is 0. The Morgan fingerprint density at radius 3 is 3.00 bits per heavy atom. The van der Waals surface area contributed by atoms with Crippen molar-refractivity contribution in [3.8, 4) is 0 Å². The quantitative estimate of drug-likeness (QED) is 0.735. The molecule has 0 atom stereocenters. The second-order valence-corrected chi connectivity index (χ2v) is 6.00. The molecule has 0 saturated carbocycles. The van der Waals surface area contributed by atoms with Gasteiger partial charge in [0.25, 0.3) is 5.91 Å². The van der Waals surface area contributed by atoms with E-state index in [4.69, 9.17) is 4.42 Å². The van der Waals surface area contributed by atoms with Crippen LogP contribution in [0.1, 0.15) is 27.6 Å². The fourth-order valence-corrected chi connectivity index (χ4v) is 3.12. The first-order valence-electron chi connectivity index (χ1n) is 8.06. The molecule has 1 aliphatic rings. The highest BCUT2D eigenvalue weighted by molar-refractivity contribution is 5.92. The fourth-order valence-electron chi connectivity index (χ4n) is 3.12. The van der Waals surface area contributed by atoms with Crippen LogP contribution in [0.3, 0.4) is 0 Å². The van der Waals surface area contributed by atoms with Crippen molar-refractivity contribution in [1.82, 2.24) is 24.2 Å². The Kier molecular flexibility index (Phi) is 3.68. The average Bonchev–Trinajstić information content (AvgIpc) is 3.28. The number of hydrogen-bond donors (Lipinski definition) is 0. The van der Waals surface area contributed by atoms with Crippen LogP contribution in [0.15, 0.2) is 41.4 Å². The Hall–Kier alpha value is -2.83. The molecule has 1 amide bonds. The second-order valence-electron chi connectivity index (χ2n) is 6.00. The molecule has 24 heavy (non-hydrogen) atoms. The van der Waals surface area contributed by atoms with E-state index in [-0.39, 0.29) is 5.91 Å². The highest BCUT2D eigenvalue weighted by atomic mass is 16.3. The molecule has 4 rings (SSSR count). The number of aromatic nitrogens is 4. The van der Waals surface area contributed by atoms with E-state index in [9.17, 15) is 4.79 Å². The van der Waals surface area contributed by atoms with Gasteiger partial charge < -0.3 is 13.9 Å². The van der Waals surface area contributed by atoms with E-state index < -0.39 is 0 Å². The third kappa shape index (κ3) is 2.62. The SMILES string of the molecule is Cc1ccoc1C(=O)N1CCc2ncc(Cn3cccn3)n2CC1. The maximum atomic E-state index is 12.6. The van der Waals surface area contributed by atoms with Gasteiger partial charge in [0.05, 0.1) is 24.7 Å². The smallest absolute Gasteiger partial charge is 0.289 e. The van der Waals surface area contributed by atoms with Gasteiger partial charge >= 0.3 is 0 Å². The summed E-state index contributed by atoms with van der Waals surface area (Å²) in [6.45, 7) is 4.61. The number of nitrogens with zero attached hydrogens (tertiary/aromatic N) is 5. The van der Waals surface area contributed by atoms with Gasteiger partial charge in [0.1, 0.15) is 5.82 Å². The lowest BCUT2D eigenvalue weighted by Gasteiger charge is -2.19. The molecule has 3 aromatic heterocycles. The molecule has 0 N–H and O–H groups in total. The lowest BCUT2D eigenvalue weighted by molar-refractivity contribution is 0.0726. The Morgan fingerprint density at radius 2 is 2.25 bits per heavy atom. The number of rotatable bonds is 3. The number of carbonyl (C=O) groups excluding carboxylic acids is 1. The van der Waals surface area contributed by atoms with Crippen molar-refractivity contribution < 1.29 is 9.21 Å². The summed E-state index contributed by atoms with van der Waals surface area (Å²) in [5, 5.41) is 4.25. The van der Waals surface area contributed by atoms with Gasteiger partial charge in [-0.05, 0) is 19.1 Å². The number of amides is 1. The van der Waals surface area contributed by atoms with Gasteiger partial charge in [-0.3, -0.25) is 9.48 Å². The fraction of sp³-hybridized carbons (Fsp3) is 0.353. The van der Waals surface area contributed by atoms with E-state index in [0.717, 1.165) is 30.0 Å². The van der Waals surface area contributed by atoms with Gasteiger partial charge in [-0.2, -0.15) is 5.10 Å². The molecular formula is C17H19N5O2. The zero-order valence-electron chi connectivity index (χ0n) is 13.6. The number of hydrogen-bond acceptors (Lipinski definition) is 4. The highest BCUT2D eigenvalue weighted by Crippen LogP contribution is 2.17. The molecule has 0 saturated heterocycles. The molecule has 7 nitrogen and oxygen atoms in total. The normalized spacial score (nSPS) is 14.5. The van der Waals surface area contributed by atoms with Crippen LogP contribution in [0.5, 0.6) is 0 Å². The van der Waals surface area contributed by atoms with E-state index in [1.54, 1.807) is 12.5 Å². The largest absolute Gasteiger partial charge is 0.459 e. The molecule has 124 valence electrons. The first kappa shape index (κ1) is 14.7. The molecule has 0 aromatic carbocycles. The second kappa shape index (κ2) is 5.99. The minimum absolute atomic E-state index is 0.0446. The van der Waals surface area contributed by atoms with E-state index in [2.05, 4.69) is 14.6 Å². The minimum atomic E-state index is -0.0446. The Labute approximate surface area is 139 Å². The Balaban J connectivity index is 1.51. The van der Waals surface area contributed by atoms with Gasteiger partial charge in [0.2, 0.25) is 0 Å². The van der Waals surface area contributed by atoms with E-state index >= 15 is 0 Å². The van der Waals surface area contributed by atoms with Crippen molar-refractivity contribution >= 4 is 5.91 Å². The van der Waals surface area contributed by atoms with Gasteiger partial charge in [0.15, 0.2) is 5.76 Å². The van der Waals surface area contributed by atoms with E-state index in [1.807, 2.05) is 41.0 Å². The maximum Gasteiger partial charge on any atom is 0.289 e. The van der Waals surface area contributed by atoms with Crippen molar-refractivity contribution in [2.75, 3.05) is 13.1 Å². The Bertz CT molecular complexity index is 846. The third-order valence-corrected chi connectivity index (χ3v) is 4.45. The third-order valence-electron chi connectivity index (χ3n) is 4.45. The molecule has 0 radical (unpaired) electrons. The van der Waals surface area contributed by atoms with Gasteiger partial charge in [0, 0.05) is 44.0 Å². The number of aryl methyl sites for hydroxylation is 1. The van der Waals surface area contributed by atoms with Crippen LogP contribution in [0.2, 0.25) is 0 Å². The number of carbonyl (C=O) groups is 1. The summed E-state index contributed by atoms with van der Waals surface area (Å²) in [7, 11) is 0. The molecule has 0 aliphatic carbocycles. The molecule has 0 fully saturated rings. The van der Waals surface area contributed by atoms with Gasteiger partial charge in [-0.1, -0.05) is 0 Å². The van der Waals surface area contributed by atoms with Crippen LogP contribution in [-0.2, 0) is 19.5 Å². The molecule has 0 spiro atoms. The summed E-state index contributed by atoms with van der Waals surface area (Å²) in [5.74, 6) is 1.41. The minimum Gasteiger partial charge on any atom is -0.459 e. The summed E-state index contributed by atoms with van der Waals surface area (Å²) < 4.78 is 9.42. The van der Waals surface area contributed by atoms with Crippen LogP contribution in [0.25, 0.3) is 0 Å². The molecule has 0 unspecified atom stereocenters. The number of fused-ring (bicyclic) bond motifs is 1. The standard InChI is InChI=1S/C17H19N5O2/c1-13-4-10-24-16(13)17(23)20-7-3-15-18-11-14(22(15)9-8-20)12-21-6-2-5-19-21/h2,4-6,10-11H,3,7-9,12H2,1H3. The van der Waals surface area contributed by atoms with Gasteiger partial charge in [-0.25, -0.2) is 4.98 Å². The Morgan fingerprint density at radius 1 is 1.33 bits per heavy atom. The zero-order valence-corrected chi connectivity index (χ0v) is 13.6. The summed E-state index contributed by atoms with van der Waals surface area (Å²) in [6.07, 6.45) is 7.92. The molecule has 0 bridgehead atoms. The molecule has 7 heteroatoms. The predicted molar refractivity (Wildman–Crippen MR) is 86.6 cm³/mol. The van der Waals surface area contributed by atoms with Crippen LogP contribution in [0.4, 0.5) is 0 Å². The first-order chi connectivity index (χ1) is 11.7. The van der Waals surface area contributed by atoms with E-state index in [1.165, 1.54) is 0 Å². The summed E-state index contributed by atoms with van der Waals surface area (Å²) in [6, 6.07) is 3.73. The van der Waals surface area contributed by atoms with Crippen LogP contribution >= 0.6 is 0 Å². The van der Waals surface area contributed by atoms with Gasteiger partial charge in [-0.15, -0.1) is 0 Å². The summed E-state index contributed by atoms with van der Waals surface area (Å²) in [5.41, 5.74) is 1.98. The van der Waals surface area contributed by atoms with Crippen molar-refractivity contribution in [2.45, 2.75) is 26.4 Å². The number of imidazole rings is 1. The average molecular weight is 325 g/mol. The maximum absolute atomic E-state index is 12.6. The summed E-state index contributed by atoms with van der Waals surface area (Å²) in [4.78, 5) is 19.0. The molecular weight excluding hydrogens is 306 g/mol. The molecule has 4 heterocycles.